The van der Waals surface area contributed by atoms with Crippen LogP contribution in [-0.2, 0) is 18.3 Å². The molecule has 0 aromatic carbocycles. The average molecular weight is 398 g/mol. The van der Waals surface area contributed by atoms with E-state index in [-0.39, 0.29) is 17.4 Å². The van der Waals surface area contributed by atoms with Crippen molar-refractivity contribution < 1.29 is 4.79 Å². The lowest BCUT2D eigenvalue weighted by molar-refractivity contribution is -0.125. The Morgan fingerprint density at radius 2 is 2.25 bits per heavy atom. The van der Waals surface area contributed by atoms with Gasteiger partial charge in [-0.2, -0.15) is 0 Å². The van der Waals surface area contributed by atoms with Crippen LogP contribution >= 0.6 is 11.3 Å². The van der Waals surface area contributed by atoms with Gasteiger partial charge >= 0.3 is 0 Å². The highest BCUT2D eigenvalue weighted by Crippen LogP contribution is 2.21. The van der Waals surface area contributed by atoms with E-state index in [2.05, 4.69) is 21.4 Å². The third-order valence-electron chi connectivity index (χ3n) is 5.15. The number of fused-ring (bicyclic) bond motifs is 1. The summed E-state index contributed by atoms with van der Waals surface area (Å²) in [4.78, 5) is 37.4. The van der Waals surface area contributed by atoms with Crippen molar-refractivity contribution in [3.63, 3.8) is 0 Å². The van der Waals surface area contributed by atoms with E-state index in [4.69, 9.17) is 0 Å². The molecule has 1 fully saturated rings. The lowest BCUT2D eigenvalue weighted by Crippen LogP contribution is -2.45. The quantitative estimate of drug-likeness (QED) is 0.712. The number of anilines is 1. The zero-order chi connectivity index (χ0) is 19.5. The maximum absolute atomic E-state index is 12.8. The molecule has 146 valence electrons. The molecule has 1 atom stereocenters. The summed E-state index contributed by atoms with van der Waals surface area (Å²) in [6.07, 6.45) is 4.19. The molecule has 1 aliphatic rings. The number of thiophene rings is 1. The minimum atomic E-state index is -0.176. The molecule has 1 amide bonds. The van der Waals surface area contributed by atoms with E-state index in [0.717, 1.165) is 25.8 Å². The fourth-order valence-corrected chi connectivity index (χ4v) is 4.35. The number of carbonyl (C=O) groups is 1. The molecule has 0 radical (unpaired) electrons. The minimum Gasteiger partial charge on any atom is -0.355 e. The highest BCUT2D eigenvalue weighted by atomic mass is 32.1. The van der Waals surface area contributed by atoms with E-state index >= 15 is 0 Å². The summed E-state index contributed by atoms with van der Waals surface area (Å²) in [5.74, 6) is 0.327. The molecule has 7 nitrogen and oxygen atoms in total. The van der Waals surface area contributed by atoms with Gasteiger partial charge in [0.15, 0.2) is 11.5 Å². The summed E-state index contributed by atoms with van der Waals surface area (Å²) in [6.45, 7) is 1.88. The Morgan fingerprint density at radius 3 is 3.07 bits per heavy atom. The molecule has 3 aromatic heterocycles. The van der Waals surface area contributed by atoms with Crippen LogP contribution in [0, 0.1) is 5.92 Å². The highest BCUT2D eigenvalue weighted by Gasteiger charge is 2.28. The molecule has 0 bridgehead atoms. The molecule has 3 aromatic rings. The summed E-state index contributed by atoms with van der Waals surface area (Å²) >= 11 is 1.70. The van der Waals surface area contributed by atoms with Crippen LogP contribution in [0.3, 0.4) is 0 Å². The number of rotatable bonds is 5. The van der Waals surface area contributed by atoms with Crippen molar-refractivity contribution in [3.05, 3.63) is 51.1 Å². The molecular formula is C20H23N5O2S. The summed E-state index contributed by atoms with van der Waals surface area (Å²) in [7, 11) is 1.71. The van der Waals surface area contributed by atoms with Crippen LogP contribution < -0.4 is 15.8 Å². The van der Waals surface area contributed by atoms with Crippen molar-refractivity contribution in [1.29, 1.82) is 0 Å². The Labute approximate surface area is 167 Å². The monoisotopic (exact) mass is 397 g/mol. The van der Waals surface area contributed by atoms with Gasteiger partial charge in [0.1, 0.15) is 5.52 Å². The molecule has 1 saturated heterocycles. The molecular weight excluding hydrogens is 374 g/mol. The molecule has 8 heteroatoms. The predicted octanol–water partition coefficient (Wildman–Crippen LogP) is 1.97. The molecule has 4 rings (SSSR count). The number of hydrogen-bond acceptors (Lipinski definition) is 6. The van der Waals surface area contributed by atoms with Crippen LogP contribution in [0.1, 0.15) is 17.7 Å². The lowest BCUT2D eigenvalue weighted by Gasteiger charge is -2.32. The molecule has 1 N–H and O–H groups in total. The normalized spacial score (nSPS) is 17.0. The molecule has 4 heterocycles. The number of carbonyl (C=O) groups excluding carboxylic acids is 1. The van der Waals surface area contributed by atoms with Gasteiger partial charge in [-0.25, -0.2) is 9.97 Å². The predicted molar refractivity (Wildman–Crippen MR) is 111 cm³/mol. The van der Waals surface area contributed by atoms with Gasteiger partial charge in [-0.1, -0.05) is 6.07 Å². The van der Waals surface area contributed by atoms with Gasteiger partial charge in [-0.3, -0.25) is 14.2 Å². The number of amides is 1. The van der Waals surface area contributed by atoms with Gasteiger partial charge in [0.25, 0.3) is 5.56 Å². The van der Waals surface area contributed by atoms with Gasteiger partial charge in [-0.05, 0) is 42.8 Å². The number of nitrogens with one attached hydrogen (secondary N) is 1. The molecule has 0 saturated carbocycles. The summed E-state index contributed by atoms with van der Waals surface area (Å²) in [5.41, 5.74) is 1.07. The van der Waals surface area contributed by atoms with Gasteiger partial charge < -0.3 is 10.2 Å². The van der Waals surface area contributed by atoms with Crippen molar-refractivity contribution in [2.75, 3.05) is 24.5 Å². The Bertz CT molecular complexity index is 1030. The maximum atomic E-state index is 12.8. The third-order valence-corrected chi connectivity index (χ3v) is 6.08. The van der Waals surface area contributed by atoms with Crippen LogP contribution in [0.15, 0.2) is 40.6 Å². The van der Waals surface area contributed by atoms with E-state index in [1.54, 1.807) is 24.6 Å². The number of nitrogens with zero attached hydrogens (tertiary/aromatic N) is 4. The van der Waals surface area contributed by atoms with Crippen molar-refractivity contribution in [3.8, 4) is 0 Å². The van der Waals surface area contributed by atoms with Gasteiger partial charge in [0, 0.05) is 37.8 Å². The largest absolute Gasteiger partial charge is 0.355 e. The first-order valence-electron chi connectivity index (χ1n) is 9.50. The second-order valence-electron chi connectivity index (χ2n) is 7.05. The lowest BCUT2D eigenvalue weighted by atomic mass is 9.97. The Morgan fingerprint density at radius 1 is 1.36 bits per heavy atom. The Kier molecular flexibility index (Phi) is 5.38. The highest BCUT2D eigenvalue weighted by molar-refractivity contribution is 7.09. The molecule has 1 aliphatic heterocycles. The van der Waals surface area contributed by atoms with E-state index < -0.39 is 0 Å². The van der Waals surface area contributed by atoms with Gasteiger partial charge in [-0.15, -0.1) is 11.3 Å². The van der Waals surface area contributed by atoms with Gasteiger partial charge in [0.2, 0.25) is 5.91 Å². The van der Waals surface area contributed by atoms with E-state index in [1.165, 1.54) is 9.44 Å². The van der Waals surface area contributed by atoms with Crippen LogP contribution in [0.25, 0.3) is 11.2 Å². The first-order valence-corrected chi connectivity index (χ1v) is 10.4. The molecule has 28 heavy (non-hydrogen) atoms. The summed E-state index contributed by atoms with van der Waals surface area (Å²) < 4.78 is 1.53. The number of aryl methyl sites for hydroxylation is 1. The van der Waals surface area contributed by atoms with Crippen LogP contribution in [0.2, 0.25) is 0 Å². The van der Waals surface area contributed by atoms with E-state index in [9.17, 15) is 9.59 Å². The molecule has 0 unspecified atom stereocenters. The third kappa shape index (κ3) is 3.77. The van der Waals surface area contributed by atoms with E-state index in [1.807, 2.05) is 28.5 Å². The smallest absolute Gasteiger partial charge is 0.294 e. The number of pyridine rings is 1. The summed E-state index contributed by atoms with van der Waals surface area (Å²) in [6, 6.07) is 7.76. The van der Waals surface area contributed by atoms with Crippen molar-refractivity contribution in [2.24, 2.45) is 13.0 Å². The molecule has 0 aliphatic carbocycles. The zero-order valence-corrected chi connectivity index (χ0v) is 16.6. The first-order chi connectivity index (χ1) is 13.6. The average Bonchev–Trinajstić information content (AvgIpc) is 3.24. The SMILES string of the molecule is Cn1c(=O)c(N2CCC[C@H](C(=O)NCCc3cccs3)C2)nc2cccnc21. The zero-order valence-electron chi connectivity index (χ0n) is 15.8. The van der Waals surface area contributed by atoms with Crippen molar-refractivity contribution >= 4 is 34.2 Å². The fraction of sp³-hybridized carbons (Fsp3) is 0.400. The first kappa shape index (κ1) is 18.6. The number of aromatic nitrogens is 3. The maximum Gasteiger partial charge on any atom is 0.294 e. The topological polar surface area (TPSA) is 80.1 Å². The number of piperidine rings is 1. The fourth-order valence-electron chi connectivity index (χ4n) is 3.64. The van der Waals surface area contributed by atoms with Gasteiger partial charge in [0.05, 0.1) is 5.92 Å². The molecule has 0 spiro atoms. The van der Waals surface area contributed by atoms with Crippen LogP contribution in [-0.4, -0.2) is 40.1 Å². The second-order valence-corrected chi connectivity index (χ2v) is 8.08. The standard InChI is InChI=1S/C20H23N5O2S/c1-24-17-16(7-2-9-21-17)23-18(20(24)27)25-11-3-5-14(13-25)19(26)22-10-8-15-6-4-12-28-15/h2,4,6-7,9,12,14H,3,5,8,10-11,13H2,1H3,(H,22,26)/t14-/m0/s1. The summed E-state index contributed by atoms with van der Waals surface area (Å²) in [5, 5.41) is 5.09. The van der Waals surface area contributed by atoms with Crippen molar-refractivity contribution in [1.82, 2.24) is 19.9 Å². The van der Waals surface area contributed by atoms with Crippen LogP contribution in [0.5, 0.6) is 0 Å². The minimum absolute atomic E-state index is 0.0561. The van der Waals surface area contributed by atoms with E-state index in [0.29, 0.717) is 30.1 Å². The Hall–Kier alpha value is -2.74. The van der Waals surface area contributed by atoms with Crippen molar-refractivity contribution in [2.45, 2.75) is 19.3 Å². The Balaban J connectivity index is 1.46. The second kappa shape index (κ2) is 8.10. The van der Waals surface area contributed by atoms with Crippen LogP contribution in [0.4, 0.5) is 5.82 Å². The number of hydrogen-bond donors (Lipinski definition) is 1.